The van der Waals surface area contributed by atoms with Crippen molar-refractivity contribution in [3.05, 3.63) is 24.3 Å². The van der Waals surface area contributed by atoms with Crippen molar-refractivity contribution in [2.45, 2.75) is 34.8 Å². The standard InChI is InChI=1S/C15H15Cl2N3S/c16-15(17)7-9(15)8-21-14-19-12-4-2-1-3-11(12)13(20-14)18-10-5-6-10/h1-4,9-10H,5-8H2,(H,18,19,20)/t9-/m0/s1. The van der Waals surface area contributed by atoms with Crippen molar-refractivity contribution in [3.63, 3.8) is 0 Å². The minimum atomic E-state index is -0.529. The van der Waals surface area contributed by atoms with Crippen LogP contribution in [0.15, 0.2) is 29.4 Å². The number of hydrogen-bond acceptors (Lipinski definition) is 4. The second-order valence-corrected chi connectivity index (χ2v) is 8.29. The number of benzene rings is 1. The van der Waals surface area contributed by atoms with E-state index in [9.17, 15) is 0 Å². The van der Waals surface area contributed by atoms with Crippen LogP contribution < -0.4 is 5.32 Å². The number of thioether (sulfide) groups is 1. The van der Waals surface area contributed by atoms with Crippen molar-refractivity contribution in [1.29, 1.82) is 0 Å². The van der Waals surface area contributed by atoms with Crippen molar-refractivity contribution in [3.8, 4) is 0 Å². The highest BCUT2D eigenvalue weighted by Gasteiger charge is 2.51. The highest BCUT2D eigenvalue weighted by atomic mass is 35.5. The van der Waals surface area contributed by atoms with Crippen LogP contribution in [-0.2, 0) is 0 Å². The van der Waals surface area contributed by atoms with Gasteiger partial charge in [-0.3, -0.25) is 0 Å². The average Bonchev–Trinajstić information content (AvgIpc) is 3.36. The van der Waals surface area contributed by atoms with Gasteiger partial charge in [0.1, 0.15) is 10.2 Å². The van der Waals surface area contributed by atoms with E-state index >= 15 is 0 Å². The summed E-state index contributed by atoms with van der Waals surface area (Å²) in [5.41, 5.74) is 0.983. The second-order valence-electron chi connectivity index (χ2n) is 5.76. The molecule has 2 saturated carbocycles. The maximum Gasteiger partial charge on any atom is 0.190 e. The number of alkyl halides is 2. The number of fused-ring (bicyclic) bond motifs is 1. The molecule has 1 aromatic carbocycles. The Balaban J connectivity index is 1.59. The number of aromatic nitrogens is 2. The van der Waals surface area contributed by atoms with Crippen molar-refractivity contribution in [2.24, 2.45) is 5.92 Å². The molecule has 0 saturated heterocycles. The van der Waals surface area contributed by atoms with Gasteiger partial charge in [-0.1, -0.05) is 23.9 Å². The fraction of sp³-hybridized carbons (Fsp3) is 0.467. The number of anilines is 1. The van der Waals surface area contributed by atoms with Crippen LogP contribution in [0.4, 0.5) is 5.82 Å². The highest BCUT2D eigenvalue weighted by Crippen LogP contribution is 2.54. The molecule has 0 unspecified atom stereocenters. The molecule has 1 atom stereocenters. The molecule has 4 rings (SSSR count). The molecule has 2 aliphatic carbocycles. The van der Waals surface area contributed by atoms with Crippen LogP contribution in [0.3, 0.4) is 0 Å². The topological polar surface area (TPSA) is 37.8 Å². The molecule has 2 fully saturated rings. The van der Waals surface area contributed by atoms with E-state index in [4.69, 9.17) is 23.2 Å². The van der Waals surface area contributed by atoms with Gasteiger partial charge in [0, 0.05) is 23.1 Å². The Labute approximate surface area is 137 Å². The predicted molar refractivity (Wildman–Crippen MR) is 89.5 cm³/mol. The molecule has 1 heterocycles. The van der Waals surface area contributed by atoms with Gasteiger partial charge in [-0.15, -0.1) is 23.2 Å². The molecule has 2 aliphatic rings. The summed E-state index contributed by atoms with van der Waals surface area (Å²) in [4.78, 5) is 9.32. The van der Waals surface area contributed by atoms with Gasteiger partial charge in [0.2, 0.25) is 0 Å². The first-order valence-corrected chi connectivity index (χ1v) is 8.90. The van der Waals surface area contributed by atoms with Crippen molar-refractivity contribution in [1.82, 2.24) is 9.97 Å². The molecule has 1 N–H and O–H groups in total. The molecule has 0 amide bonds. The molecule has 21 heavy (non-hydrogen) atoms. The van der Waals surface area contributed by atoms with Crippen molar-refractivity contribution < 1.29 is 0 Å². The van der Waals surface area contributed by atoms with Crippen molar-refractivity contribution in [2.75, 3.05) is 11.1 Å². The predicted octanol–water partition coefficient (Wildman–Crippen LogP) is 4.49. The van der Waals surface area contributed by atoms with Gasteiger partial charge in [-0.05, 0) is 31.4 Å². The summed E-state index contributed by atoms with van der Waals surface area (Å²) in [7, 11) is 0. The van der Waals surface area contributed by atoms with E-state index in [0.29, 0.717) is 12.0 Å². The Morgan fingerprint density at radius 3 is 2.71 bits per heavy atom. The van der Waals surface area contributed by atoms with Crippen LogP contribution in [0.5, 0.6) is 0 Å². The molecular weight excluding hydrogens is 325 g/mol. The van der Waals surface area contributed by atoms with Crippen LogP contribution in [0.1, 0.15) is 19.3 Å². The van der Waals surface area contributed by atoms with E-state index in [2.05, 4.69) is 21.4 Å². The van der Waals surface area contributed by atoms with Crippen LogP contribution in [-0.4, -0.2) is 26.1 Å². The molecule has 0 aliphatic heterocycles. The van der Waals surface area contributed by atoms with E-state index in [1.165, 1.54) is 12.8 Å². The van der Waals surface area contributed by atoms with Crippen molar-refractivity contribution >= 4 is 51.7 Å². The average molecular weight is 340 g/mol. The maximum atomic E-state index is 6.08. The highest BCUT2D eigenvalue weighted by molar-refractivity contribution is 7.99. The minimum absolute atomic E-state index is 0.348. The summed E-state index contributed by atoms with van der Waals surface area (Å²) < 4.78 is -0.529. The summed E-state index contributed by atoms with van der Waals surface area (Å²) >= 11 is 13.8. The Bertz CT molecular complexity index is 688. The van der Waals surface area contributed by atoms with Gasteiger partial charge < -0.3 is 5.32 Å². The van der Waals surface area contributed by atoms with Gasteiger partial charge in [-0.2, -0.15) is 0 Å². The van der Waals surface area contributed by atoms with E-state index < -0.39 is 4.33 Å². The summed E-state index contributed by atoms with van der Waals surface area (Å²) in [5, 5.41) is 5.39. The molecular formula is C15H15Cl2N3S. The summed E-state index contributed by atoms with van der Waals surface area (Å²) in [6.07, 6.45) is 3.32. The summed E-state index contributed by atoms with van der Waals surface area (Å²) in [6.45, 7) is 0. The number of nitrogens with one attached hydrogen (secondary N) is 1. The first-order valence-electron chi connectivity index (χ1n) is 7.16. The lowest BCUT2D eigenvalue weighted by Gasteiger charge is -2.09. The fourth-order valence-corrected chi connectivity index (χ4v) is 4.06. The van der Waals surface area contributed by atoms with Crippen LogP contribution in [0.2, 0.25) is 0 Å². The lowest BCUT2D eigenvalue weighted by molar-refractivity contribution is 0.949. The Hall–Kier alpha value is -0.710. The first-order chi connectivity index (χ1) is 10.1. The minimum Gasteiger partial charge on any atom is -0.367 e. The third-order valence-electron chi connectivity index (χ3n) is 3.87. The molecule has 110 valence electrons. The SMILES string of the molecule is ClC1(Cl)C[C@H]1CSc1nc(NC2CC2)c2ccccc2n1. The third-order valence-corrected chi connectivity index (χ3v) is 5.81. The first kappa shape index (κ1) is 13.9. The largest absolute Gasteiger partial charge is 0.367 e. The summed E-state index contributed by atoms with van der Waals surface area (Å²) in [5.74, 6) is 2.17. The van der Waals surface area contributed by atoms with E-state index in [1.54, 1.807) is 11.8 Å². The number of halogens is 2. The van der Waals surface area contributed by atoms with Gasteiger partial charge in [0.05, 0.1) is 5.52 Å². The number of nitrogens with zero attached hydrogens (tertiary/aromatic N) is 2. The van der Waals surface area contributed by atoms with Gasteiger partial charge in [-0.25, -0.2) is 9.97 Å². The van der Waals surface area contributed by atoms with Gasteiger partial charge in [0.25, 0.3) is 0 Å². The zero-order valence-electron chi connectivity index (χ0n) is 11.4. The smallest absolute Gasteiger partial charge is 0.190 e. The Morgan fingerprint density at radius 2 is 2.00 bits per heavy atom. The molecule has 3 nitrogen and oxygen atoms in total. The van der Waals surface area contributed by atoms with Gasteiger partial charge >= 0.3 is 0 Å². The molecule has 1 aromatic heterocycles. The maximum absolute atomic E-state index is 6.08. The number of hydrogen-bond donors (Lipinski definition) is 1. The quantitative estimate of drug-likeness (QED) is 0.494. The van der Waals surface area contributed by atoms with Crippen LogP contribution in [0.25, 0.3) is 10.9 Å². The lowest BCUT2D eigenvalue weighted by atomic mass is 10.2. The van der Waals surface area contributed by atoms with E-state index in [1.807, 2.05) is 18.2 Å². The zero-order chi connectivity index (χ0) is 14.4. The van der Waals surface area contributed by atoms with E-state index in [0.717, 1.165) is 34.1 Å². The number of para-hydroxylation sites is 1. The Morgan fingerprint density at radius 1 is 1.24 bits per heavy atom. The normalized spacial score (nSPS) is 23.2. The summed E-state index contributed by atoms with van der Waals surface area (Å²) in [6, 6.07) is 8.70. The van der Waals surface area contributed by atoms with Crippen LogP contribution >= 0.6 is 35.0 Å². The fourth-order valence-electron chi connectivity index (χ4n) is 2.28. The lowest BCUT2D eigenvalue weighted by Crippen LogP contribution is -2.05. The molecule has 2 aromatic rings. The number of rotatable bonds is 5. The molecule has 0 bridgehead atoms. The molecule has 6 heteroatoms. The van der Waals surface area contributed by atoms with E-state index in [-0.39, 0.29) is 0 Å². The molecule has 0 spiro atoms. The third kappa shape index (κ3) is 3.08. The zero-order valence-corrected chi connectivity index (χ0v) is 13.7. The monoisotopic (exact) mass is 339 g/mol. The molecule has 0 radical (unpaired) electrons. The Kier molecular flexibility index (Phi) is 3.43. The second kappa shape index (κ2) is 5.18. The van der Waals surface area contributed by atoms with Crippen LogP contribution in [0, 0.1) is 5.92 Å². The van der Waals surface area contributed by atoms with Gasteiger partial charge in [0.15, 0.2) is 5.16 Å².